The van der Waals surface area contributed by atoms with Crippen molar-refractivity contribution in [3.05, 3.63) is 63.7 Å². The highest BCUT2D eigenvalue weighted by Crippen LogP contribution is 2.40. The number of rotatable bonds is 1. The van der Waals surface area contributed by atoms with Crippen LogP contribution in [0.3, 0.4) is 0 Å². The summed E-state index contributed by atoms with van der Waals surface area (Å²) < 4.78 is 46.8. The minimum atomic E-state index is -4.66. The summed E-state index contributed by atoms with van der Waals surface area (Å²) >= 11 is 6.13. The second kappa shape index (κ2) is 5.50. The Labute approximate surface area is 148 Å². The number of nitrogens with zero attached hydrogens (tertiary/aromatic N) is 2. The van der Waals surface area contributed by atoms with E-state index < -0.39 is 17.4 Å². The van der Waals surface area contributed by atoms with Crippen LogP contribution in [0.2, 0.25) is 5.02 Å². The number of nitrogen functional groups attached to an aromatic ring is 1. The predicted octanol–water partition coefficient (Wildman–Crippen LogP) is 4.39. The Hall–Kier alpha value is -3.00. The van der Waals surface area contributed by atoms with Gasteiger partial charge >= 0.3 is 11.9 Å². The Kier molecular flexibility index (Phi) is 3.48. The third kappa shape index (κ3) is 2.33. The third-order valence-electron chi connectivity index (χ3n) is 4.02. The van der Waals surface area contributed by atoms with Crippen molar-refractivity contribution in [3.8, 4) is 5.69 Å². The van der Waals surface area contributed by atoms with Crippen molar-refractivity contribution in [1.29, 1.82) is 0 Å². The molecule has 0 aliphatic rings. The molecule has 5 nitrogen and oxygen atoms in total. The zero-order chi connectivity index (χ0) is 18.6. The van der Waals surface area contributed by atoms with Gasteiger partial charge in [0.15, 0.2) is 0 Å². The Morgan fingerprint density at radius 2 is 1.92 bits per heavy atom. The molecule has 2 aromatic carbocycles. The highest BCUT2D eigenvalue weighted by molar-refractivity contribution is 6.32. The molecule has 0 radical (unpaired) electrons. The summed E-state index contributed by atoms with van der Waals surface area (Å²) in [4.78, 5) is 16.2. The van der Waals surface area contributed by atoms with E-state index in [2.05, 4.69) is 4.98 Å². The quantitative estimate of drug-likeness (QED) is 0.532. The van der Waals surface area contributed by atoms with Crippen LogP contribution in [0, 0.1) is 0 Å². The molecular weight excluding hydrogens is 371 g/mol. The zero-order valence-corrected chi connectivity index (χ0v) is 13.6. The van der Waals surface area contributed by atoms with E-state index in [1.165, 1.54) is 18.2 Å². The first kappa shape index (κ1) is 16.5. The first-order valence-corrected chi connectivity index (χ1v) is 7.71. The third-order valence-corrected chi connectivity index (χ3v) is 4.34. The lowest BCUT2D eigenvalue weighted by atomic mass is 10.1. The lowest BCUT2D eigenvalue weighted by Crippen LogP contribution is -2.24. The lowest BCUT2D eigenvalue weighted by molar-refractivity contribution is -0.136. The van der Waals surface area contributed by atoms with Crippen LogP contribution in [0.5, 0.6) is 0 Å². The fraction of sp³-hybridized carbons (Fsp3) is 0.0588. The van der Waals surface area contributed by atoms with E-state index in [1.807, 2.05) is 0 Å². The van der Waals surface area contributed by atoms with Gasteiger partial charge in [0.1, 0.15) is 11.4 Å². The first-order valence-electron chi connectivity index (χ1n) is 7.33. The highest BCUT2D eigenvalue weighted by atomic mass is 35.5. The van der Waals surface area contributed by atoms with Crippen LogP contribution in [0.1, 0.15) is 5.56 Å². The van der Waals surface area contributed by atoms with Gasteiger partial charge in [0.25, 0.3) is 0 Å². The minimum absolute atomic E-state index is 0.0922. The molecule has 0 atom stereocenters. The Morgan fingerprint density at radius 1 is 1.19 bits per heavy atom. The molecule has 0 bridgehead atoms. The molecule has 0 amide bonds. The second-order valence-corrected chi connectivity index (χ2v) is 5.95. The largest absolute Gasteiger partial charge is 0.463 e. The Morgan fingerprint density at radius 3 is 2.62 bits per heavy atom. The van der Waals surface area contributed by atoms with Crippen LogP contribution >= 0.6 is 11.6 Å². The maximum Gasteiger partial charge on any atom is 0.417 e. The van der Waals surface area contributed by atoms with Crippen molar-refractivity contribution in [1.82, 2.24) is 9.55 Å². The van der Waals surface area contributed by atoms with Gasteiger partial charge < -0.3 is 10.2 Å². The maximum atomic E-state index is 13.5. The topological polar surface area (TPSA) is 74.0 Å². The Balaban J connectivity index is 2.28. The summed E-state index contributed by atoms with van der Waals surface area (Å²) in [6.45, 7) is 0. The molecule has 0 unspecified atom stereocenters. The van der Waals surface area contributed by atoms with E-state index in [-0.39, 0.29) is 38.4 Å². The van der Waals surface area contributed by atoms with Crippen molar-refractivity contribution >= 4 is 39.3 Å². The average molecular weight is 380 g/mol. The van der Waals surface area contributed by atoms with E-state index in [0.29, 0.717) is 0 Å². The molecule has 0 spiro atoms. The summed E-state index contributed by atoms with van der Waals surface area (Å²) in [5.41, 5.74) is 4.04. The van der Waals surface area contributed by atoms with Crippen LogP contribution in [0.15, 0.2) is 51.9 Å². The average Bonchev–Trinajstić information content (AvgIpc) is 3.03. The monoisotopic (exact) mass is 379 g/mol. The van der Waals surface area contributed by atoms with Gasteiger partial charge in [-0.05, 0) is 24.3 Å². The number of alkyl halides is 3. The van der Waals surface area contributed by atoms with Crippen LogP contribution < -0.4 is 11.4 Å². The van der Waals surface area contributed by atoms with Gasteiger partial charge in [-0.1, -0.05) is 23.7 Å². The van der Waals surface area contributed by atoms with Crippen LogP contribution in [-0.4, -0.2) is 9.55 Å². The number of benzene rings is 2. The summed E-state index contributed by atoms with van der Waals surface area (Å²) in [5.74, 6) is -0.220. The van der Waals surface area contributed by atoms with Gasteiger partial charge in [-0.25, -0.2) is 4.79 Å². The number of fused-ring (bicyclic) bond motifs is 3. The number of hydrogen-bond donors (Lipinski definition) is 1. The van der Waals surface area contributed by atoms with Gasteiger partial charge in [0.05, 0.1) is 33.4 Å². The van der Waals surface area contributed by atoms with Gasteiger partial charge in [-0.3, -0.25) is 4.57 Å². The van der Waals surface area contributed by atoms with Crippen LogP contribution in [0.4, 0.5) is 19.0 Å². The van der Waals surface area contributed by atoms with Crippen molar-refractivity contribution in [3.63, 3.8) is 0 Å². The number of nitrogens with two attached hydrogens (primary N) is 1. The molecule has 0 aliphatic carbocycles. The summed E-state index contributed by atoms with van der Waals surface area (Å²) in [6, 6.07) is 8.31. The number of furan rings is 1. The van der Waals surface area contributed by atoms with E-state index in [4.69, 9.17) is 21.8 Å². The normalized spacial score (nSPS) is 12.2. The van der Waals surface area contributed by atoms with E-state index in [0.717, 1.165) is 16.9 Å². The molecule has 0 saturated heterocycles. The highest BCUT2D eigenvalue weighted by Gasteiger charge is 2.35. The zero-order valence-electron chi connectivity index (χ0n) is 12.8. The fourth-order valence-corrected chi connectivity index (χ4v) is 3.17. The smallest absolute Gasteiger partial charge is 0.417 e. The lowest BCUT2D eigenvalue weighted by Gasteiger charge is -2.15. The molecule has 4 aromatic rings. The van der Waals surface area contributed by atoms with Gasteiger partial charge in [-0.15, -0.1) is 0 Å². The van der Waals surface area contributed by atoms with E-state index >= 15 is 0 Å². The molecule has 0 aliphatic heterocycles. The molecule has 0 fully saturated rings. The van der Waals surface area contributed by atoms with Crippen molar-refractivity contribution in [2.45, 2.75) is 6.18 Å². The second-order valence-electron chi connectivity index (χ2n) is 5.55. The van der Waals surface area contributed by atoms with Crippen molar-refractivity contribution in [2.24, 2.45) is 0 Å². The molecular formula is C17H9ClF3N3O2. The summed E-state index contributed by atoms with van der Waals surface area (Å²) in [7, 11) is 0. The summed E-state index contributed by atoms with van der Waals surface area (Å²) in [5, 5.41) is 0.121. The molecule has 4 rings (SSSR count). The molecule has 2 N–H and O–H groups in total. The Bertz CT molecular complexity index is 1230. The first-order chi connectivity index (χ1) is 12.3. The molecule has 9 heteroatoms. The number of hydrogen-bond acceptors (Lipinski definition) is 4. The standard InChI is InChI=1S/C17H9ClF3N3O2/c18-10-3-1-2-4-11(10)24-12-7-9(17(19,20)21)8-5-6-26-14(8)13(12)15(22)23-16(24)25/h1-7H,(H2,22,23,25). The van der Waals surface area contributed by atoms with Crippen LogP contribution in [0.25, 0.3) is 27.6 Å². The van der Waals surface area contributed by atoms with Gasteiger partial charge in [-0.2, -0.15) is 18.2 Å². The van der Waals surface area contributed by atoms with Crippen LogP contribution in [-0.2, 0) is 6.18 Å². The molecule has 2 heterocycles. The number of anilines is 1. The van der Waals surface area contributed by atoms with Crippen molar-refractivity contribution < 1.29 is 17.6 Å². The molecule has 2 aromatic heterocycles. The van der Waals surface area contributed by atoms with E-state index in [9.17, 15) is 18.0 Å². The maximum absolute atomic E-state index is 13.5. The number of aromatic nitrogens is 2. The van der Waals surface area contributed by atoms with Gasteiger partial charge in [0.2, 0.25) is 0 Å². The SMILES string of the molecule is Nc1nc(=O)n(-c2ccccc2Cl)c2cc(C(F)(F)F)c3ccoc3c12. The molecule has 0 saturated carbocycles. The summed E-state index contributed by atoms with van der Waals surface area (Å²) in [6.07, 6.45) is -3.53. The molecule has 132 valence electrons. The predicted molar refractivity (Wildman–Crippen MR) is 91.5 cm³/mol. The minimum Gasteiger partial charge on any atom is -0.463 e. The van der Waals surface area contributed by atoms with Gasteiger partial charge in [0, 0.05) is 5.39 Å². The number of halogens is 4. The fourth-order valence-electron chi connectivity index (χ4n) is 2.95. The molecule has 26 heavy (non-hydrogen) atoms. The van der Waals surface area contributed by atoms with E-state index in [1.54, 1.807) is 12.1 Å². The number of para-hydroxylation sites is 1. The van der Waals surface area contributed by atoms with Crippen molar-refractivity contribution in [2.75, 3.05) is 5.73 Å².